The second kappa shape index (κ2) is 17.5. The van der Waals surface area contributed by atoms with Crippen molar-refractivity contribution >= 4 is 42.3 Å². The van der Waals surface area contributed by atoms with Gasteiger partial charge in [0.2, 0.25) is 7.44 Å². The lowest BCUT2D eigenvalue weighted by Gasteiger charge is -2.30. The van der Waals surface area contributed by atoms with Crippen LogP contribution >= 0.6 is 7.44 Å². The van der Waals surface area contributed by atoms with Crippen molar-refractivity contribution in [2.75, 3.05) is 32.4 Å². The lowest BCUT2D eigenvalue weighted by atomic mass is 10.1. The van der Waals surface area contributed by atoms with E-state index in [1.807, 2.05) is 60.7 Å². The Morgan fingerprint density at radius 3 is 1.88 bits per heavy atom. The van der Waals surface area contributed by atoms with Gasteiger partial charge in [0.1, 0.15) is 30.3 Å². The van der Waals surface area contributed by atoms with Crippen LogP contribution in [0, 0.1) is 0 Å². The fraction of sp³-hybridized carbons (Fsp3) is 0.375. The number of imidazole rings is 1. The molecule has 0 amide bonds. The smallest absolute Gasteiger partial charge is 0.336 e. The fourth-order valence-electron chi connectivity index (χ4n) is 4.90. The Kier molecular flexibility index (Phi) is 13.1. The molecule has 4 rings (SSSR count). The molecule has 0 saturated carbocycles. The maximum Gasteiger partial charge on any atom is 0.336 e. The third-order valence-corrected chi connectivity index (χ3v) is 9.12. The predicted octanol–water partition coefficient (Wildman–Crippen LogP) is 2.65. The van der Waals surface area contributed by atoms with Crippen molar-refractivity contribution in [3.05, 3.63) is 84.4 Å². The fourth-order valence-corrected chi connectivity index (χ4v) is 6.91. The van der Waals surface area contributed by atoms with Gasteiger partial charge in [-0.25, -0.2) is 29.9 Å². The Labute approximate surface area is 278 Å². The molecule has 0 saturated heterocycles. The summed E-state index contributed by atoms with van der Waals surface area (Å²) in [7, 11) is -2.92. The monoisotopic (exact) mass is 681 g/mol. The molecule has 15 nitrogen and oxygen atoms in total. The first kappa shape index (κ1) is 36.2. The Morgan fingerprint density at radius 2 is 1.38 bits per heavy atom. The van der Waals surface area contributed by atoms with Crippen LogP contribution in [-0.2, 0) is 57.3 Å². The van der Waals surface area contributed by atoms with Crippen molar-refractivity contribution in [1.29, 1.82) is 0 Å². The number of nitrogens with one attached hydrogen (secondary N) is 2. The van der Waals surface area contributed by atoms with Crippen LogP contribution in [-0.4, -0.2) is 82.3 Å². The van der Waals surface area contributed by atoms with E-state index in [-0.39, 0.29) is 38.4 Å². The van der Waals surface area contributed by atoms with Crippen molar-refractivity contribution in [3.63, 3.8) is 0 Å². The van der Waals surface area contributed by atoms with E-state index in [1.54, 1.807) is 13.8 Å². The van der Waals surface area contributed by atoms with E-state index < -0.39 is 49.9 Å². The summed E-state index contributed by atoms with van der Waals surface area (Å²) < 4.78 is 38.1. The summed E-state index contributed by atoms with van der Waals surface area (Å²) in [5.74, 6) is -1.95. The number of hydrogen-bond acceptors (Lipinski definition) is 12. The Bertz CT molecular complexity index is 1640. The molecule has 0 aliphatic heterocycles. The Morgan fingerprint density at radius 1 is 0.833 bits per heavy atom. The number of nitrogens with zero attached hydrogens (tertiary/aromatic N) is 4. The highest BCUT2D eigenvalue weighted by atomic mass is 31.2. The number of fused-ring (bicyclic) bond motifs is 1. The summed E-state index contributed by atoms with van der Waals surface area (Å²) in [6.07, 6.45) is 0.930. The maximum absolute atomic E-state index is 14.9. The molecule has 2 aromatic heterocycles. The van der Waals surface area contributed by atoms with Gasteiger partial charge in [0.05, 0.1) is 33.2 Å². The summed E-state index contributed by atoms with van der Waals surface area (Å²) in [4.78, 5) is 51.7. The number of benzene rings is 2. The normalized spacial score (nSPS) is 13.4. The van der Waals surface area contributed by atoms with Crippen molar-refractivity contribution in [1.82, 2.24) is 29.7 Å². The summed E-state index contributed by atoms with van der Waals surface area (Å²) >= 11 is 0. The highest BCUT2D eigenvalue weighted by Gasteiger charge is 2.37. The minimum Gasteiger partial charge on any atom is -0.467 e. The van der Waals surface area contributed by atoms with E-state index in [9.17, 15) is 18.9 Å². The van der Waals surface area contributed by atoms with Crippen molar-refractivity contribution in [2.24, 2.45) is 0 Å². The van der Waals surface area contributed by atoms with Crippen LogP contribution in [0.5, 0.6) is 0 Å². The Balaban J connectivity index is 1.68. The molecule has 0 radical (unpaired) electrons. The number of carbonyl (C=O) groups is 3. The van der Waals surface area contributed by atoms with E-state index >= 15 is 0 Å². The second-order valence-electron chi connectivity index (χ2n) is 10.6. The van der Waals surface area contributed by atoms with Gasteiger partial charge in [0.15, 0.2) is 17.6 Å². The summed E-state index contributed by atoms with van der Waals surface area (Å²) in [5.41, 5.74) is 8.12. The van der Waals surface area contributed by atoms with Crippen LogP contribution in [0.1, 0.15) is 25.0 Å². The van der Waals surface area contributed by atoms with Crippen LogP contribution in [0.25, 0.3) is 11.2 Å². The SMILES string of the molecule is CCOC(=O)[C@H](Cc1ccccc1)NP(=O)(CO[C@@H](Cn1cnc2c(N)ncnc21)C(=O)OC)N[C@@H](Cc1ccccc1)C(=O)OCC. The number of hydrogen-bond donors (Lipinski definition) is 3. The van der Waals surface area contributed by atoms with Crippen LogP contribution in [0.15, 0.2) is 73.3 Å². The predicted molar refractivity (Wildman–Crippen MR) is 177 cm³/mol. The molecule has 0 bridgehead atoms. The summed E-state index contributed by atoms with van der Waals surface area (Å²) in [6.45, 7) is 3.34. The van der Waals surface area contributed by atoms with Crippen LogP contribution in [0.2, 0.25) is 0 Å². The zero-order valence-corrected chi connectivity index (χ0v) is 27.9. The number of ether oxygens (including phenoxy) is 4. The molecule has 256 valence electrons. The number of nitrogen functional groups attached to an aromatic ring is 1. The topological polar surface area (TPSA) is 199 Å². The molecular formula is C32H40N7O8P. The van der Waals surface area contributed by atoms with Crippen molar-refractivity contribution in [2.45, 2.75) is 51.4 Å². The number of methoxy groups -OCH3 is 1. The molecule has 4 N–H and O–H groups in total. The highest BCUT2D eigenvalue weighted by Crippen LogP contribution is 2.39. The van der Waals surface area contributed by atoms with Crippen molar-refractivity contribution in [3.8, 4) is 0 Å². The van der Waals surface area contributed by atoms with E-state index in [0.717, 1.165) is 11.1 Å². The number of nitrogens with two attached hydrogens (primary N) is 1. The van der Waals surface area contributed by atoms with Gasteiger partial charge in [0.25, 0.3) is 0 Å². The summed E-state index contributed by atoms with van der Waals surface area (Å²) in [5, 5.41) is 5.83. The molecule has 0 aliphatic carbocycles. The molecule has 0 spiro atoms. The molecular weight excluding hydrogens is 641 g/mol. The van der Waals surface area contributed by atoms with Crippen LogP contribution < -0.4 is 15.9 Å². The van der Waals surface area contributed by atoms with Gasteiger partial charge in [-0.2, -0.15) is 0 Å². The van der Waals surface area contributed by atoms with E-state index in [2.05, 4.69) is 25.1 Å². The maximum atomic E-state index is 14.9. The minimum atomic E-state index is -4.11. The van der Waals surface area contributed by atoms with Gasteiger partial charge in [0, 0.05) is 0 Å². The van der Waals surface area contributed by atoms with Crippen LogP contribution in [0.3, 0.4) is 0 Å². The summed E-state index contributed by atoms with van der Waals surface area (Å²) in [6, 6.07) is 16.0. The number of rotatable bonds is 18. The minimum absolute atomic E-state index is 0.0802. The van der Waals surface area contributed by atoms with Gasteiger partial charge >= 0.3 is 17.9 Å². The van der Waals surface area contributed by atoms with Gasteiger partial charge in [-0.05, 0) is 37.8 Å². The first-order valence-corrected chi connectivity index (χ1v) is 17.2. The third-order valence-electron chi connectivity index (χ3n) is 7.15. The molecule has 3 atom stereocenters. The van der Waals surface area contributed by atoms with Gasteiger partial charge in [-0.3, -0.25) is 14.2 Å². The molecule has 48 heavy (non-hydrogen) atoms. The molecule has 2 aromatic carbocycles. The largest absolute Gasteiger partial charge is 0.467 e. The van der Waals surface area contributed by atoms with Gasteiger partial charge in [-0.1, -0.05) is 60.7 Å². The second-order valence-corrected chi connectivity index (χ2v) is 12.9. The molecule has 4 aromatic rings. The molecule has 0 fully saturated rings. The molecule has 0 aliphatic rings. The van der Waals surface area contributed by atoms with E-state index in [0.29, 0.717) is 11.2 Å². The number of carbonyl (C=O) groups excluding carboxylic acids is 3. The zero-order valence-electron chi connectivity index (χ0n) is 27.0. The van der Waals surface area contributed by atoms with Crippen LogP contribution in [0.4, 0.5) is 5.82 Å². The van der Waals surface area contributed by atoms with Crippen molar-refractivity contribution < 1.29 is 37.9 Å². The third kappa shape index (κ3) is 9.91. The molecule has 2 heterocycles. The zero-order chi connectivity index (χ0) is 34.5. The quantitative estimate of drug-likeness (QED) is 0.0787. The molecule has 0 unspecified atom stereocenters. The first-order valence-electron chi connectivity index (χ1n) is 15.3. The van der Waals surface area contributed by atoms with Gasteiger partial charge < -0.3 is 29.2 Å². The number of anilines is 1. The standard InChI is InChI=1S/C32H40N7O8P/c1-4-45-30(40)24(16-22-12-8-6-9-13-22)37-48(43,38-25(31(41)46-5-2)17-23-14-10-7-11-15-23)21-47-26(32(42)44-3)18-39-20-36-27-28(33)34-19-35-29(27)39/h6-15,19-20,24-26H,4-5,16-18,21H2,1-3H3,(H2,33,34,35)(H2,37,38,43)/t24-,25-,26-/m0/s1. The Hall–Kier alpha value is -4.69. The van der Waals surface area contributed by atoms with Gasteiger partial charge in [-0.15, -0.1) is 0 Å². The van der Waals surface area contributed by atoms with E-state index in [1.165, 1.54) is 24.3 Å². The van der Waals surface area contributed by atoms with E-state index in [4.69, 9.17) is 24.7 Å². The first-order chi connectivity index (χ1) is 23.2. The average molecular weight is 682 g/mol. The average Bonchev–Trinajstić information content (AvgIpc) is 3.50. The number of aromatic nitrogens is 4. The number of esters is 3. The highest BCUT2D eigenvalue weighted by molar-refractivity contribution is 7.59. The lowest BCUT2D eigenvalue weighted by molar-refractivity contribution is -0.154. The lowest BCUT2D eigenvalue weighted by Crippen LogP contribution is -2.47. The molecule has 16 heteroatoms.